The van der Waals surface area contributed by atoms with Gasteiger partial charge in [0, 0.05) is 43.7 Å². The Hall–Kier alpha value is -4.40. The summed E-state index contributed by atoms with van der Waals surface area (Å²) < 4.78 is 7.84. The largest absolute Gasteiger partial charge is 0.457 e. The fourth-order valence-electron chi connectivity index (χ4n) is 3.08. The van der Waals surface area contributed by atoms with Gasteiger partial charge in [-0.3, -0.25) is 15.2 Å². The molecule has 0 aliphatic heterocycles. The first kappa shape index (κ1) is 19.9. The molecule has 9 nitrogen and oxygen atoms in total. The number of amidine groups is 1. The number of nitrogens with two attached hydrogens (primary N) is 1. The van der Waals surface area contributed by atoms with E-state index in [4.69, 9.17) is 15.9 Å². The molecule has 4 rings (SSSR count). The predicted octanol–water partition coefficient (Wildman–Crippen LogP) is 3.15. The van der Waals surface area contributed by atoms with Crippen molar-refractivity contribution in [3.8, 4) is 11.5 Å². The molecule has 0 radical (unpaired) electrons. The maximum atomic E-state index is 11.8. The first-order valence-electron chi connectivity index (χ1n) is 9.48. The lowest BCUT2D eigenvalue weighted by molar-refractivity contribution is 0.0958. The van der Waals surface area contributed by atoms with Crippen LogP contribution in [-0.2, 0) is 7.05 Å². The molecular weight excluding hydrogens is 394 g/mol. The first-order chi connectivity index (χ1) is 14.9. The summed E-state index contributed by atoms with van der Waals surface area (Å²) >= 11 is 0. The number of carbonyl (C=O) groups is 1. The van der Waals surface area contributed by atoms with Gasteiger partial charge in [0.25, 0.3) is 5.91 Å². The number of carbonyl (C=O) groups excluding carboxylic acids is 1. The molecule has 0 saturated carbocycles. The fourth-order valence-corrected chi connectivity index (χ4v) is 3.08. The van der Waals surface area contributed by atoms with Crippen LogP contribution < -0.4 is 21.1 Å². The summed E-state index contributed by atoms with van der Waals surface area (Å²) in [6.07, 6.45) is 1.53. The Labute approximate surface area is 178 Å². The van der Waals surface area contributed by atoms with E-state index in [9.17, 15) is 4.79 Å². The van der Waals surface area contributed by atoms with Crippen LogP contribution in [0.15, 0.2) is 60.8 Å². The quantitative estimate of drug-likeness (QED) is 0.283. The molecule has 0 aliphatic carbocycles. The molecule has 9 heteroatoms. The third kappa shape index (κ3) is 4.15. The molecule has 2 aromatic heterocycles. The topological polar surface area (TPSA) is 131 Å². The maximum Gasteiger partial charge on any atom is 0.269 e. The summed E-state index contributed by atoms with van der Waals surface area (Å²) in [6, 6.07) is 16.1. The van der Waals surface area contributed by atoms with E-state index in [1.807, 2.05) is 41.9 Å². The van der Waals surface area contributed by atoms with Crippen LogP contribution in [0.25, 0.3) is 11.0 Å². The molecule has 4 aromatic rings. The third-order valence-corrected chi connectivity index (χ3v) is 4.73. The lowest BCUT2D eigenvalue weighted by Crippen LogP contribution is -2.18. The Balaban J connectivity index is 1.57. The van der Waals surface area contributed by atoms with Crippen molar-refractivity contribution in [3.05, 3.63) is 72.1 Å². The second kappa shape index (κ2) is 8.15. The van der Waals surface area contributed by atoms with Crippen molar-refractivity contribution in [3.63, 3.8) is 0 Å². The average Bonchev–Trinajstić information content (AvgIpc) is 3.08. The normalized spacial score (nSPS) is 10.6. The molecule has 0 bridgehead atoms. The van der Waals surface area contributed by atoms with Crippen LogP contribution in [0, 0.1) is 5.41 Å². The second-order valence-electron chi connectivity index (χ2n) is 6.82. The minimum absolute atomic E-state index is 0.0263. The van der Waals surface area contributed by atoms with Crippen LogP contribution in [0.5, 0.6) is 11.5 Å². The summed E-state index contributed by atoms with van der Waals surface area (Å²) in [5.41, 5.74) is 8.95. The van der Waals surface area contributed by atoms with E-state index in [-0.39, 0.29) is 17.4 Å². The summed E-state index contributed by atoms with van der Waals surface area (Å²) in [4.78, 5) is 20.5. The zero-order valence-corrected chi connectivity index (χ0v) is 17.0. The van der Waals surface area contributed by atoms with E-state index in [1.165, 1.54) is 6.20 Å². The van der Waals surface area contributed by atoms with Gasteiger partial charge in [-0.1, -0.05) is 0 Å². The van der Waals surface area contributed by atoms with E-state index in [1.54, 1.807) is 31.3 Å². The number of aryl methyl sites for hydroxylation is 1. The van der Waals surface area contributed by atoms with E-state index >= 15 is 0 Å². The average molecular weight is 415 g/mol. The van der Waals surface area contributed by atoms with Crippen molar-refractivity contribution in [1.29, 1.82) is 5.41 Å². The Morgan fingerprint density at radius 2 is 1.84 bits per heavy atom. The number of nitrogens with one attached hydrogen (secondary N) is 3. The van der Waals surface area contributed by atoms with Gasteiger partial charge in [-0.2, -0.15) is 0 Å². The van der Waals surface area contributed by atoms with Gasteiger partial charge in [-0.15, -0.1) is 0 Å². The minimum atomic E-state index is -0.280. The lowest BCUT2D eigenvalue weighted by Gasteiger charge is -2.07. The summed E-state index contributed by atoms with van der Waals surface area (Å²) in [5.74, 6) is 1.51. The van der Waals surface area contributed by atoms with Crippen LogP contribution in [0.1, 0.15) is 16.1 Å². The first-order valence-corrected chi connectivity index (χ1v) is 9.48. The number of nitrogen functional groups attached to an aromatic ring is 1. The van der Waals surface area contributed by atoms with Gasteiger partial charge in [0.15, 0.2) is 0 Å². The fraction of sp³-hybridized carbons (Fsp3) is 0.0909. The van der Waals surface area contributed by atoms with Crippen molar-refractivity contribution in [2.24, 2.45) is 12.8 Å². The highest BCUT2D eigenvalue weighted by atomic mass is 16.5. The van der Waals surface area contributed by atoms with Crippen LogP contribution >= 0.6 is 0 Å². The van der Waals surface area contributed by atoms with Gasteiger partial charge in [0.05, 0.1) is 11.0 Å². The molecular formula is C22H21N7O2. The molecule has 0 atom stereocenters. The summed E-state index contributed by atoms with van der Waals surface area (Å²) in [7, 11) is 3.47. The molecule has 2 aromatic carbocycles. The number of anilines is 2. The molecule has 31 heavy (non-hydrogen) atoms. The number of benzene rings is 2. The highest BCUT2D eigenvalue weighted by Crippen LogP contribution is 2.28. The SMILES string of the molecule is CNC(=O)c1cc(Oc2ccc3c(c2)nc(Nc2ccc(C(=N)N)cc2)n3C)ccn1. The number of fused-ring (bicyclic) bond motifs is 1. The maximum absolute atomic E-state index is 11.8. The Kier molecular flexibility index (Phi) is 5.23. The lowest BCUT2D eigenvalue weighted by atomic mass is 10.2. The smallest absolute Gasteiger partial charge is 0.269 e. The number of amides is 1. The molecule has 1 amide bonds. The van der Waals surface area contributed by atoms with Crippen molar-refractivity contribution in [2.45, 2.75) is 0 Å². The van der Waals surface area contributed by atoms with Crippen LogP contribution in [0.4, 0.5) is 11.6 Å². The van der Waals surface area contributed by atoms with Crippen molar-refractivity contribution >= 4 is 34.4 Å². The molecule has 5 N–H and O–H groups in total. The van der Waals surface area contributed by atoms with Crippen LogP contribution in [0.2, 0.25) is 0 Å². The Morgan fingerprint density at radius 1 is 1.10 bits per heavy atom. The van der Waals surface area contributed by atoms with E-state index in [0.29, 0.717) is 23.0 Å². The molecule has 156 valence electrons. The standard InChI is InChI=1S/C22H21N7O2/c1-25-21(30)18-12-16(9-10-26-18)31-15-7-8-19-17(11-15)28-22(29(19)2)27-14-5-3-13(4-6-14)20(23)24/h3-12H,1-2H3,(H3,23,24)(H,25,30)(H,27,28). The number of aromatic nitrogens is 3. The van der Waals surface area contributed by atoms with Crippen LogP contribution in [-0.4, -0.2) is 33.3 Å². The number of pyridine rings is 1. The van der Waals surface area contributed by atoms with E-state index in [2.05, 4.69) is 20.6 Å². The van der Waals surface area contributed by atoms with Gasteiger partial charge >= 0.3 is 0 Å². The van der Waals surface area contributed by atoms with E-state index in [0.717, 1.165) is 16.7 Å². The number of hydrogen-bond acceptors (Lipinski definition) is 6. The molecule has 2 heterocycles. The number of hydrogen-bond donors (Lipinski definition) is 4. The van der Waals surface area contributed by atoms with Gasteiger partial charge in [0.1, 0.15) is 23.0 Å². The number of nitrogens with zero attached hydrogens (tertiary/aromatic N) is 3. The van der Waals surface area contributed by atoms with Crippen molar-refractivity contribution in [1.82, 2.24) is 19.9 Å². The second-order valence-corrected chi connectivity index (χ2v) is 6.82. The van der Waals surface area contributed by atoms with Gasteiger partial charge < -0.3 is 25.7 Å². The highest BCUT2D eigenvalue weighted by molar-refractivity contribution is 5.95. The Morgan fingerprint density at radius 3 is 2.55 bits per heavy atom. The van der Waals surface area contributed by atoms with Gasteiger partial charge in [-0.25, -0.2) is 4.98 Å². The third-order valence-electron chi connectivity index (χ3n) is 4.73. The molecule has 0 aliphatic rings. The van der Waals surface area contributed by atoms with Gasteiger partial charge in [0.2, 0.25) is 5.95 Å². The minimum Gasteiger partial charge on any atom is -0.457 e. The monoisotopic (exact) mass is 415 g/mol. The zero-order valence-electron chi connectivity index (χ0n) is 17.0. The molecule has 0 unspecified atom stereocenters. The Bertz CT molecular complexity index is 1280. The zero-order chi connectivity index (χ0) is 22.0. The predicted molar refractivity (Wildman–Crippen MR) is 119 cm³/mol. The van der Waals surface area contributed by atoms with Crippen molar-refractivity contribution in [2.75, 3.05) is 12.4 Å². The molecule has 0 spiro atoms. The van der Waals surface area contributed by atoms with Crippen molar-refractivity contribution < 1.29 is 9.53 Å². The summed E-state index contributed by atoms with van der Waals surface area (Å²) in [6.45, 7) is 0. The van der Waals surface area contributed by atoms with Crippen LogP contribution in [0.3, 0.4) is 0 Å². The summed E-state index contributed by atoms with van der Waals surface area (Å²) in [5, 5.41) is 13.3. The number of imidazole rings is 1. The van der Waals surface area contributed by atoms with E-state index < -0.39 is 0 Å². The number of rotatable bonds is 6. The molecule has 0 saturated heterocycles. The highest BCUT2D eigenvalue weighted by Gasteiger charge is 2.11. The molecule has 0 fully saturated rings. The number of ether oxygens (including phenoxy) is 1. The van der Waals surface area contributed by atoms with Gasteiger partial charge in [-0.05, 0) is 42.5 Å².